The first kappa shape index (κ1) is 14.3. The molecular formula is C16H15N3O2S. The smallest absolute Gasteiger partial charge is 0.268 e. The van der Waals surface area contributed by atoms with Gasteiger partial charge in [-0.1, -0.05) is 12.1 Å². The number of carbonyl (C=O) groups is 1. The van der Waals surface area contributed by atoms with Gasteiger partial charge in [0.05, 0.1) is 18.0 Å². The van der Waals surface area contributed by atoms with Gasteiger partial charge in [-0.15, -0.1) is 11.3 Å². The highest BCUT2D eigenvalue weighted by Crippen LogP contribution is 2.33. The molecular weight excluding hydrogens is 298 g/mol. The number of benzene rings is 1. The number of anilines is 2. The summed E-state index contributed by atoms with van der Waals surface area (Å²) >= 11 is 1.28. The molecule has 0 saturated carbocycles. The molecule has 0 saturated heterocycles. The van der Waals surface area contributed by atoms with Gasteiger partial charge in [-0.2, -0.15) is 0 Å². The van der Waals surface area contributed by atoms with E-state index in [2.05, 4.69) is 10.3 Å². The number of fused-ring (bicyclic) bond motifs is 1. The molecule has 3 rings (SSSR count). The molecule has 3 N–H and O–H groups in total. The number of thiophene rings is 1. The molecule has 6 heteroatoms. The number of aromatic nitrogens is 1. The lowest BCUT2D eigenvalue weighted by Crippen LogP contribution is -2.13. The van der Waals surface area contributed by atoms with Crippen LogP contribution in [0.1, 0.15) is 16.6 Å². The van der Waals surface area contributed by atoms with Gasteiger partial charge >= 0.3 is 0 Å². The fraction of sp³-hybridized carbons (Fsp3) is 0.125. The van der Waals surface area contributed by atoms with Crippen molar-refractivity contribution in [3.05, 3.63) is 47.5 Å². The maximum absolute atomic E-state index is 12.5. The summed E-state index contributed by atoms with van der Waals surface area (Å²) in [6, 6.07) is 11.0. The van der Waals surface area contributed by atoms with Crippen molar-refractivity contribution in [1.29, 1.82) is 0 Å². The fourth-order valence-corrected chi connectivity index (χ4v) is 3.11. The highest BCUT2D eigenvalue weighted by Gasteiger charge is 2.18. The summed E-state index contributed by atoms with van der Waals surface area (Å²) in [4.78, 5) is 17.9. The van der Waals surface area contributed by atoms with E-state index in [9.17, 15) is 4.79 Å². The molecule has 22 heavy (non-hydrogen) atoms. The van der Waals surface area contributed by atoms with Crippen LogP contribution in [0.5, 0.6) is 5.75 Å². The average molecular weight is 313 g/mol. The zero-order valence-electron chi connectivity index (χ0n) is 12.0. The van der Waals surface area contributed by atoms with Crippen LogP contribution in [0.4, 0.5) is 11.4 Å². The number of para-hydroxylation sites is 2. The number of hydrogen-bond acceptors (Lipinski definition) is 5. The quantitative estimate of drug-likeness (QED) is 0.772. The molecule has 0 bridgehead atoms. The first-order valence-corrected chi connectivity index (χ1v) is 7.68. The Hall–Kier alpha value is -2.60. The van der Waals surface area contributed by atoms with E-state index in [0.29, 0.717) is 28.6 Å². The van der Waals surface area contributed by atoms with Crippen molar-refractivity contribution in [2.75, 3.05) is 17.7 Å². The highest BCUT2D eigenvalue weighted by atomic mass is 32.1. The van der Waals surface area contributed by atoms with Crippen molar-refractivity contribution in [3.63, 3.8) is 0 Å². The number of rotatable bonds is 4. The Morgan fingerprint density at radius 3 is 2.91 bits per heavy atom. The first-order valence-electron chi connectivity index (χ1n) is 6.87. The largest absolute Gasteiger partial charge is 0.492 e. The van der Waals surface area contributed by atoms with Gasteiger partial charge in [-0.05, 0) is 31.2 Å². The molecule has 0 radical (unpaired) electrons. The van der Waals surface area contributed by atoms with E-state index in [1.807, 2.05) is 31.2 Å². The minimum absolute atomic E-state index is 0.257. The second-order valence-electron chi connectivity index (χ2n) is 4.58. The lowest BCUT2D eigenvalue weighted by molar-refractivity contribution is 0.103. The number of pyridine rings is 1. The first-order chi connectivity index (χ1) is 10.7. The van der Waals surface area contributed by atoms with Crippen LogP contribution in [0.25, 0.3) is 10.2 Å². The van der Waals surface area contributed by atoms with Crippen LogP contribution >= 0.6 is 11.3 Å². The predicted octanol–water partition coefficient (Wildman–Crippen LogP) is 3.53. The third-order valence-electron chi connectivity index (χ3n) is 3.15. The number of ether oxygens (including phenoxy) is 1. The van der Waals surface area contributed by atoms with Crippen LogP contribution in [-0.4, -0.2) is 17.5 Å². The average Bonchev–Trinajstić information content (AvgIpc) is 2.87. The van der Waals surface area contributed by atoms with Crippen LogP contribution in [-0.2, 0) is 0 Å². The van der Waals surface area contributed by atoms with Crippen molar-refractivity contribution in [3.8, 4) is 5.75 Å². The molecule has 0 aliphatic heterocycles. The molecule has 0 spiro atoms. The van der Waals surface area contributed by atoms with Crippen molar-refractivity contribution < 1.29 is 9.53 Å². The van der Waals surface area contributed by atoms with Gasteiger partial charge in [0.25, 0.3) is 5.91 Å². The molecule has 1 amide bonds. The Morgan fingerprint density at radius 1 is 1.32 bits per heavy atom. The van der Waals surface area contributed by atoms with Gasteiger partial charge in [0.15, 0.2) is 0 Å². The minimum Gasteiger partial charge on any atom is -0.492 e. The van der Waals surface area contributed by atoms with E-state index in [1.54, 1.807) is 18.3 Å². The van der Waals surface area contributed by atoms with Crippen molar-refractivity contribution in [1.82, 2.24) is 4.98 Å². The molecule has 3 aromatic rings. The Balaban J connectivity index is 1.92. The van der Waals surface area contributed by atoms with Crippen LogP contribution in [0, 0.1) is 0 Å². The molecule has 2 aromatic heterocycles. The van der Waals surface area contributed by atoms with E-state index in [0.717, 1.165) is 10.2 Å². The zero-order valence-corrected chi connectivity index (χ0v) is 12.8. The Kier molecular flexibility index (Phi) is 3.93. The summed E-state index contributed by atoms with van der Waals surface area (Å²) in [5, 5.41) is 3.65. The van der Waals surface area contributed by atoms with Crippen molar-refractivity contribution >= 4 is 38.8 Å². The monoisotopic (exact) mass is 313 g/mol. The van der Waals surface area contributed by atoms with E-state index < -0.39 is 0 Å². The molecule has 0 aliphatic carbocycles. The Bertz CT molecular complexity index is 829. The third-order valence-corrected chi connectivity index (χ3v) is 4.27. The van der Waals surface area contributed by atoms with Crippen LogP contribution in [0.15, 0.2) is 42.6 Å². The predicted molar refractivity (Wildman–Crippen MR) is 89.6 cm³/mol. The molecule has 0 atom stereocenters. The third kappa shape index (κ3) is 2.60. The van der Waals surface area contributed by atoms with E-state index in [1.165, 1.54) is 11.3 Å². The fourth-order valence-electron chi connectivity index (χ4n) is 2.15. The van der Waals surface area contributed by atoms with E-state index in [4.69, 9.17) is 10.5 Å². The van der Waals surface area contributed by atoms with Crippen molar-refractivity contribution in [2.45, 2.75) is 6.92 Å². The summed E-state index contributed by atoms with van der Waals surface area (Å²) in [5.41, 5.74) is 7.15. The van der Waals surface area contributed by atoms with Gasteiger partial charge in [0, 0.05) is 11.6 Å². The van der Waals surface area contributed by atoms with Crippen molar-refractivity contribution in [2.24, 2.45) is 0 Å². The van der Waals surface area contributed by atoms with E-state index in [-0.39, 0.29) is 5.91 Å². The zero-order chi connectivity index (χ0) is 15.5. The molecule has 0 unspecified atom stereocenters. The number of amides is 1. The number of carbonyl (C=O) groups excluding carboxylic acids is 1. The SMILES string of the molecule is CCOc1ccccc1NC(=O)c1sc2ncccc2c1N. The minimum atomic E-state index is -0.257. The standard InChI is InChI=1S/C16H15N3O2S/c1-2-21-12-8-4-3-7-11(12)19-15(20)14-13(17)10-6-5-9-18-16(10)22-14/h3-9H,2,17H2,1H3,(H,19,20). The van der Waals surface area contributed by atoms with Crippen LogP contribution in [0.2, 0.25) is 0 Å². The normalized spacial score (nSPS) is 10.6. The lowest BCUT2D eigenvalue weighted by atomic mass is 10.2. The number of hydrogen-bond donors (Lipinski definition) is 2. The summed E-state index contributed by atoms with van der Waals surface area (Å²) in [7, 11) is 0. The van der Waals surface area contributed by atoms with Gasteiger partial charge in [-0.25, -0.2) is 4.98 Å². The van der Waals surface area contributed by atoms with Gasteiger partial charge in [0.1, 0.15) is 15.5 Å². The summed E-state index contributed by atoms with van der Waals surface area (Å²) < 4.78 is 5.51. The molecule has 0 fully saturated rings. The maximum Gasteiger partial charge on any atom is 0.268 e. The molecule has 1 aromatic carbocycles. The number of nitrogens with one attached hydrogen (secondary N) is 1. The van der Waals surface area contributed by atoms with Gasteiger partial charge < -0.3 is 15.8 Å². The van der Waals surface area contributed by atoms with Crippen LogP contribution < -0.4 is 15.8 Å². The topological polar surface area (TPSA) is 77.2 Å². The summed E-state index contributed by atoms with van der Waals surface area (Å²) in [5.74, 6) is 0.379. The van der Waals surface area contributed by atoms with Gasteiger partial charge in [-0.3, -0.25) is 4.79 Å². The number of nitrogens with zero attached hydrogens (tertiary/aromatic N) is 1. The van der Waals surface area contributed by atoms with E-state index >= 15 is 0 Å². The molecule has 2 heterocycles. The molecule has 0 aliphatic rings. The van der Waals surface area contributed by atoms with Crippen LogP contribution in [0.3, 0.4) is 0 Å². The summed E-state index contributed by atoms with van der Waals surface area (Å²) in [6.45, 7) is 2.43. The lowest BCUT2D eigenvalue weighted by Gasteiger charge is -2.10. The highest BCUT2D eigenvalue weighted by molar-refractivity contribution is 7.21. The molecule has 5 nitrogen and oxygen atoms in total. The Labute approximate surface area is 131 Å². The molecule has 112 valence electrons. The second kappa shape index (κ2) is 6.03. The number of nitrogens with two attached hydrogens (primary N) is 1. The Morgan fingerprint density at radius 2 is 2.14 bits per heavy atom. The summed E-state index contributed by atoms with van der Waals surface area (Å²) in [6.07, 6.45) is 1.68. The maximum atomic E-state index is 12.5. The van der Waals surface area contributed by atoms with Gasteiger partial charge in [0.2, 0.25) is 0 Å². The number of nitrogen functional groups attached to an aromatic ring is 1. The second-order valence-corrected chi connectivity index (χ2v) is 5.58.